The third-order valence-corrected chi connectivity index (χ3v) is 4.53. The van der Waals surface area contributed by atoms with Crippen LogP contribution in [0.3, 0.4) is 0 Å². The zero-order chi connectivity index (χ0) is 7.71. The molecule has 0 aliphatic heterocycles. The molecule has 0 atom stereocenters. The predicted molar refractivity (Wildman–Crippen MR) is 39.6 cm³/mol. The van der Waals surface area contributed by atoms with Gasteiger partial charge in [-0.15, -0.1) is 11.6 Å². The highest BCUT2D eigenvalue weighted by molar-refractivity contribution is 8.14. The van der Waals surface area contributed by atoms with Crippen molar-refractivity contribution in [2.24, 2.45) is 0 Å². The van der Waals surface area contributed by atoms with Gasteiger partial charge in [0.25, 0.3) is 0 Å². The van der Waals surface area contributed by atoms with Crippen molar-refractivity contribution in [3.05, 3.63) is 0 Å². The molecule has 0 aromatic carbocycles. The summed E-state index contributed by atoms with van der Waals surface area (Å²) in [5.74, 6) is 0.0127. The van der Waals surface area contributed by atoms with Gasteiger partial charge in [-0.3, -0.25) is 0 Å². The fourth-order valence-corrected chi connectivity index (χ4v) is 0.958. The summed E-state index contributed by atoms with van der Waals surface area (Å²) in [7, 11) is 1.50. The Morgan fingerprint density at radius 1 is 1.44 bits per heavy atom. The first kappa shape index (κ1) is 9.53. The normalized spacial score (nSPS) is 13.8. The summed E-state index contributed by atoms with van der Waals surface area (Å²) in [5.41, 5.74) is 0. The monoisotopic (exact) mass is 190 g/mol. The maximum atomic E-state index is 10.6. The molecule has 9 heavy (non-hydrogen) atoms. The van der Waals surface area contributed by atoms with Gasteiger partial charge in [-0.1, -0.05) is 0 Å². The molecule has 0 heterocycles. The average molecular weight is 191 g/mol. The van der Waals surface area contributed by atoms with Gasteiger partial charge in [-0.25, -0.2) is 8.42 Å². The minimum absolute atomic E-state index is 0.0127. The van der Waals surface area contributed by atoms with Gasteiger partial charge in [0.1, 0.15) is 0 Å². The third kappa shape index (κ3) is 2.32. The van der Waals surface area contributed by atoms with E-state index in [-0.39, 0.29) is 5.88 Å². The Balaban J connectivity index is 4.56. The molecule has 0 aromatic rings. The van der Waals surface area contributed by atoms with Crippen LogP contribution in [0, 0.1) is 0 Å². The number of hydrogen-bond acceptors (Lipinski definition) is 2. The van der Waals surface area contributed by atoms with E-state index in [0.717, 1.165) is 0 Å². The molecule has 0 rings (SSSR count). The van der Waals surface area contributed by atoms with Crippen molar-refractivity contribution in [3.63, 3.8) is 0 Å². The van der Waals surface area contributed by atoms with Crippen LogP contribution in [0.1, 0.15) is 13.8 Å². The lowest BCUT2D eigenvalue weighted by Gasteiger charge is -2.15. The van der Waals surface area contributed by atoms with Crippen molar-refractivity contribution >= 4 is 31.3 Å². The van der Waals surface area contributed by atoms with Gasteiger partial charge in [-0.2, -0.15) is 0 Å². The first-order chi connectivity index (χ1) is 3.81. The molecule has 0 fully saturated rings. The molecule has 0 N–H and O–H groups in total. The van der Waals surface area contributed by atoms with Crippen molar-refractivity contribution in [2.45, 2.75) is 18.6 Å². The molecule has 0 saturated heterocycles. The summed E-state index contributed by atoms with van der Waals surface area (Å²) in [5, 5.41) is 0. The molecule has 0 aliphatic carbocycles. The van der Waals surface area contributed by atoms with Crippen molar-refractivity contribution < 1.29 is 8.42 Å². The van der Waals surface area contributed by atoms with E-state index in [1.807, 2.05) is 0 Å². The quantitative estimate of drug-likeness (QED) is 0.490. The Morgan fingerprint density at radius 3 is 1.78 bits per heavy atom. The van der Waals surface area contributed by atoms with Gasteiger partial charge in [0.2, 0.25) is 9.05 Å². The Labute approximate surface area is 64.6 Å². The lowest BCUT2D eigenvalue weighted by atomic mass is 10.3. The second-order valence-corrected chi connectivity index (χ2v) is 5.80. The van der Waals surface area contributed by atoms with Gasteiger partial charge in [-0.05, 0) is 13.8 Å². The highest BCUT2D eigenvalue weighted by atomic mass is 35.7. The molecular formula is C4H8Cl2O2S. The Hall–Kier alpha value is 0.530. The smallest absolute Gasteiger partial charge is 0.212 e. The number of hydrogen-bond donors (Lipinski definition) is 0. The standard InChI is InChI=1S/C4H8Cl2O2S/c1-4(2,3-5)9(6,7)8/h3H2,1-2H3. The number of rotatable bonds is 2. The molecule has 0 aromatic heterocycles. The van der Waals surface area contributed by atoms with E-state index in [2.05, 4.69) is 0 Å². The van der Waals surface area contributed by atoms with Gasteiger partial charge < -0.3 is 0 Å². The highest BCUT2D eigenvalue weighted by Crippen LogP contribution is 2.21. The maximum Gasteiger partial charge on any atom is 0.238 e. The average Bonchev–Trinajstić information content (AvgIpc) is 1.64. The van der Waals surface area contributed by atoms with Crippen molar-refractivity contribution in [1.29, 1.82) is 0 Å². The fraction of sp³-hybridized carbons (Fsp3) is 1.00. The van der Waals surface area contributed by atoms with Gasteiger partial charge in [0.15, 0.2) is 0 Å². The number of alkyl halides is 1. The Kier molecular flexibility index (Phi) is 2.80. The van der Waals surface area contributed by atoms with Crippen LogP contribution in [-0.2, 0) is 9.05 Å². The Morgan fingerprint density at radius 2 is 1.78 bits per heavy atom. The van der Waals surface area contributed by atoms with Gasteiger partial charge in [0.05, 0.1) is 4.75 Å². The fourth-order valence-electron chi connectivity index (χ4n) is 0.0652. The SMILES string of the molecule is CC(C)(CCl)S(=O)(=O)Cl. The van der Waals surface area contributed by atoms with Crippen LogP contribution in [0.4, 0.5) is 0 Å². The zero-order valence-corrected chi connectivity index (χ0v) is 7.52. The third-order valence-electron chi connectivity index (χ3n) is 0.982. The van der Waals surface area contributed by atoms with Crippen LogP contribution in [0.25, 0.3) is 0 Å². The molecule has 0 amide bonds. The highest BCUT2D eigenvalue weighted by Gasteiger charge is 2.31. The molecule has 0 saturated carbocycles. The van der Waals surface area contributed by atoms with Crippen LogP contribution in [0.5, 0.6) is 0 Å². The van der Waals surface area contributed by atoms with E-state index in [1.54, 1.807) is 0 Å². The van der Waals surface area contributed by atoms with E-state index in [0.29, 0.717) is 0 Å². The number of halogens is 2. The molecule has 56 valence electrons. The molecule has 0 spiro atoms. The molecule has 0 unspecified atom stereocenters. The van der Waals surface area contributed by atoms with E-state index in [4.69, 9.17) is 22.3 Å². The zero-order valence-electron chi connectivity index (χ0n) is 5.19. The van der Waals surface area contributed by atoms with Crippen molar-refractivity contribution in [1.82, 2.24) is 0 Å². The second kappa shape index (κ2) is 2.64. The minimum Gasteiger partial charge on any atom is -0.212 e. The summed E-state index contributed by atoms with van der Waals surface area (Å²) in [6.45, 7) is 2.95. The predicted octanol–water partition coefficient (Wildman–Crippen LogP) is 1.57. The van der Waals surface area contributed by atoms with Crippen LogP contribution < -0.4 is 0 Å². The largest absolute Gasteiger partial charge is 0.238 e. The van der Waals surface area contributed by atoms with Crippen molar-refractivity contribution in [2.75, 3.05) is 5.88 Å². The van der Waals surface area contributed by atoms with Gasteiger partial charge in [0, 0.05) is 16.6 Å². The van der Waals surface area contributed by atoms with Crippen molar-refractivity contribution in [3.8, 4) is 0 Å². The van der Waals surface area contributed by atoms with Gasteiger partial charge >= 0.3 is 0 Å². The molecule has 0 aliphatic rings. The van der Waals surface area contributed by atoms with Crippen LogP contribution in [0.15, 0.2) is 0 Å². The lowest BCUT2D eigenvalue weighted by Crippen LogP contribution is -2.29. The van der Waals surface area contributed by atoms with Crippen LogP contribution >= 0.6 is 22.3 Å². The molecule has 0 bridgehead atoms. The maximum absolute atomic E-state index is 10.6. The first-order valence-electron chi connectivity index (χ1n) is 2.31. The van der Waals surface area contributed by atoms with E-state index in [1.165, 1.54) is 13.8 Å². The topological polar surface area (TPSA) is 34.1 Å². The second-order valence-electron chi connectivity index (χ2n) is 2.33. The molecule has 0 radical (unpaired) electrons. The Bertz CT molecular complexity index is 183. The summed E-state index contributed by atoms with van der Waals surface area (Å²) in [4.78, 5) is 0. The lowest BCUT2D eigenvalue weighted by molar-refractivity contribution is 0.577. The van der Waals surface area contributed by atoms with Crippen LogP contribution in [0.2, 0.25) is 0 Å². The van der Waals surface area contributed by atoms with E-state index < -0.39 is 13.8 Å². The summed E-state index contributed by atoms with van der Waals surface area (Å²) in [6, 6.07) is 0. The first-order valence-corrected chi connectivity index (χ1v) is 5.16. The molecular weight excluding hydrogens is 183 g/mol. The van der Waals surface area contributed by atoms with E-state index >= 15 is 0 Å². The summed E-state index contributed by atoms with van der Waals surface area (Å²) >= 11 is 5.31. The summed E-state index contributed by atoms with van der Waals surface area (Å²) < 4.78 is 20.1. The van der Waals surface area contributed by atoms with E-state index in [9.17, 15) is 8.42 Å². The summed E-state index contributed by atoms with van der Waals surface area (Å²) in [6.07, 6.45) is 0. The molecule has 2 nitrogen and oxygen atoms in total. The van der Waals surface area contributed by atoms with Crippen LogP contribution in [-0.4, -0.2) is 19.0 Å². The minimum atomic E-state index is -3.51. The molecule has 5 heteroatoms.